The Hall–Kier alpha value is -1.74. The molecular formula is C15H16FNO. The van der Waals surface area contributed by atoms with Gasteiger partial charge in [-0.2, -0.15) is 0 Å². The monoisotopic (exact) mass is 245 g/mol. The summed E-state index contributed by atoms with van der Waals surface area (Å²) in [6.45, 7) is 2.13. The molecule has 1 N–H and O–H groups in total. The van der Waals surface area contributed by atoms with Crippen molar-refractivity contribution >= 4 is 0 Å². The second-order valence-electron chi connectivity index (χ2n) is 4.33. The molecule has 3 heteroatoms. The van der Waals surface area contributed by atoms with Crippen LogP contribution in [0.25, 0.3) is 0 Å². The first-order valence-corrected chi connectivity index (χ1v) is 6.08. The van der Waals surface area contributed by atoms with Gasteiger partial charge in [-0.15, -0.1) is 0 Å². The summed E-state index contributed by atoms with van der Waals surface area (Å²) in [5.41, 5.74) is 2.46. The minimum atomic E-state index is -0.830. The van der Waals surface area contributed by atoms with Crippen molar-refractivity contribution in [1.82, 2.24) is 4.98 Å². The third-order valence-electron chi connectivity index (χ3n) is 2.88. The van der Waals surface area contributed by atoms with E-state index in [0.29, 0.717) is 5.56 Å². The molecule has 0 aliphatic carbocycles. The third-order valence-corrected chi connectivity index (χ3v) is 2.88. The molecule has 1 aromatic heterocycles. The molecule has 0 spiro atoms. The number of rotatable bonds is 4. The van der Waals surface area contributed by atoms with Crippen LogP contribution >= 0.6 is 0 Å². The second kappa shape index (κ2) is 5.74. The van der Waals surface area contributed by atoms with E-state index in [1.54, 1.807) is 0 Å². The van der Waals surface area contributed by atoms with E-state index in [-0.39, 0.29) is 0 Å². The van der Waals surface area contributed by atoms with Crippen molar-refractivity contribution in [2.75, 3.05) is 0 Å². The molecule has 1 heterocycles. The first kappa shape index (κ1) is 12.7. The van der Waals surface area contributed by atoms with Crippen molar-refractivity contribution in [3.63, 3.8) is 0 Å². The van der Waals surface area contributed by atoms with Crippen LogP contribution in [0.2, 0.25) is 0 Å². The van der Waals surface area contributed by atoms with Gasteiger partial charge in [-0.25, -0.2) is 4.39 Å². The lowest BCUT2D eigenvalue weighted by Gasteiger charge is -2.11. The topological polar surface area (TPSA) is 33.1 Å². The van der Waals surface area contributed by atoms with E-state index < -0.39 is 11.9 Å². The molecule has 0 fully saturated rings. The molecule has 0 aliphatic rings. The molecule has 0 saturated carbocycles. The maximum atomic E-state index is 13.0. The van der Waals surface area contributed by atoms with Gasteiger partial charge in [-0.1, -0.05) is 37.6 Å². The number of aryl methyl sites for hydroxylation is 1. The highest BCUT2D eigenvalue weighted by Gasteiger charge is 2.11. The summed E-state index contributed by atoms with van der Waals surface area (Å²) >= 11 is 0. The highest BCUT2D eigenvalue weighted by Crippen LogP contribution is 2.22. The van der Waals surface area contributed by atoms with Gasteiger partial charge in [0.1, 0.15) is 11.9 Å². The van der Waals surface area contributed by atoms with Gasteiger partial charge in [0.15, 0.2) is 0 Å². The van der Waals surface area contributed by atoms with E-state index in [9.17, 15) is 9.50 Å². The fraction of sp³-hybridized carbons (Fsp3) is 0.267. The fourth-order valence-corrected chi connectivity index (χ4v) is 1.93. The zero-order valence-corrected chi connectivity index (χ0v) is 10.3. The van der Waals surface area contributed by atoms with Crippen molar-refractivity contribution in [1.29, 1.82) is 0 Å². The summed E-state index contributed by atoms with van der Waals surface area (Å²) in [6, 6.07) is 9.04. The predicted molar refractivity (Wildman–Crippen MR) is 68.7 cm³/mol. The highest BCUT2D eigenvalue weighted by atomic mass is 19.1. The molecule has 0 amide bonds. The number of nitrogens with zero attached hydrogens (tertiary/aromatic N) is 1. The Morgan fingerprint density at radius 2 is 1.89 bits per heavy atom. The van der Waals surface area contributed by atoms with Crippen molar-refractivity contribution in [2.24, 2.45) is 0 Å². The SMILES string of the molecule is CCCc1ccc(C(O)c2cncc(F)c2)cc1. The van der Waals surface area contributed by atoms with E-state index in [4.69, 9.17) is 0 Å². The van der Waals surface area contributed by atoms with Gasteiger partial charge in [0.05, 0.1) is 6.20 Å². The van der Waals surface area contributed by atoms with Crippen molar-refractivity contribution < 1.29 is 9.50 Å². The van der Waals surface area contributed by atoms with Crippen LogP contribution in [0.4, 0.5) is 4.39 Å². The van der Waals surface area contributed by atoms with Crippen molar-refractivity contribution in [2.45, 2.75) is 25.9 Å². The van der Waals surface area contributed by atoms with Crippen LogP contribution in [0.1, 0.15) is 36.1 Å². The summed E-state index contributed by atoms with van der Waals surface area (Å²) in [4.78, 5) is 3.74. The van der Waals surface area contributed by atoms with E-state index in [2.05, 4.69) is 11.9 Å². The van der Waals surface area contributed by atoms with Gasteiger partial charge < -0.3 is 5.11 Å². The summed E-state index contributed by atoms with van der Waals surface area (Å²) in [5, 5.41) is 10.1. The Morgan fingerprint density at radius 1 is 1.17 bits per heavy atom. The van der Waals surface area contributed by atoms with Gasteiger partial charge in [0.25, 0.3) is 0 Å². The van der Waals surface area contributed by atoms with E-state index in [1.165, 1.54) is 17.8 Å². The minimum absolute atomic E-state index is 0.436. The molecule has 1 unspecified atom stereocenters. The summed E-state index contributed by atoms with van der Waals surface area (Å²) in [6.07, 6.45) is 3.89. The van der Waals surface area contributed by atoms with Crippen LogP contribution in [0.5, 0.6) is 0 Å². The van der Waals surface area contributed by atoms with Crippen LogP contribution in [-0.2, 0) is 6.42 Å². The molecule has 0 bridgehead atoms. The molecule has 1 aromatic carbocycles. The van der Waals surface area contributed by atoms with Crippen LogP contribution in [-0.4, -0.2) is 10.1 Å². The largest absolute Gasteiger partial charge is 0.384 e. The van der Waals surface area contributed by atoms with Gasteiger partial charge in [0, 0.05) is 11.8 Å². The number of halogens is 1. The average Bonchev–Trinajstić information content (AvgIpc) is 2.39. The third kappa shape index (κ3) is 2.93. The van der Waals surface area contributed by atoms with Gasteiger partial charge in [0.2, 0.25) is 0 Å². The summed E-state index contributed by atoms with van der Waals surface area (Å²) in [7, 11) is 0. The number of benzene rings is 1. The lowest BCUT2D eigenvalue weighted by Crippen LogP contribution is -2.01. The maximum Gasteiger partial charge on any atom is 0.141 e. The lowest BCUT2D eigenvalue weighted by molar-refractivity contribution is 0.219. The molecule has 0 radical (unpaired) electrons. The fourth-order valence-electron chi connectivity index (χ4n) is 1.93. The Bertz CT molecular complexity index is 510. The molecule has 94 valence electrons. The quantitative estimate of drug-likeness (QED) is 0.896. The number of aromatic nitrogens is 1. The number of pyridine rings is 1. The van der Waals surface area contributed by atoms with E-state index in [0.717, 1.165) is 24.6 Å². The first-order valence-electron chi connectivity index (χ1n) is 6.08. The maximum absolute atomic E-state index is 13.0. The summed E-state index contributed by atoms with van der Waals surface area (Å²) < 4.78 is 13.0. The van der Waals surface area contributed by atoms with Gasteiger partial charge in [-0.05, 0) is 23.6 Å². The highest BCUT2D eigenvalue weighted by molar-refractivity contribution is 5.30. The van der Waals surface area contributed by atoms with Crippen molar-refractivity contribution in [3.8, 4) is 0 Å². The first-order chi connectivity index (χ1) is 8.70. The Morgan fingerprint density at radius 3 is 2.50 bits per heavy atom. The minimum Gasteiger partial charge on any atom is -0.384 e. The molecule has 0 aliphatic heterocycles. The number of hydrogen-bond donors (Lipinski definition) is 1. The zero-order chi connectivity index (χ0) is 13.0. The average molecular weight is 245 g/mol. The van der Waals surface area contributed by atoms with Gasteiger partial charge >= 0.3 is 0 Å². The number of aliphatic hydroxyl groups is 1. The molecule has 0 saturated heterocycles. The van der Waals surface area contributed by atoms with E-state index in [1.807, 2.05) is 24.3 Å². The van der Waals surface area contributed by atoms with Crippen LogP contribution in [0, 0.1) is 5.82 Å². The molecule has 2 aromatic rings. The van der Waals surface area contributed by atoms with E-state index >= 15 is 0 Å². The molecule has 1 atom stereocenters. The Balaban J connectivity index is 2.20. The smallest absolute Gasteiger partial charge is 0.141 e. The van der Waals surface area contributed by atoms with Crippen molar-refractivity contribution in [3.05, 3.63) is 65.2 Å². The number of hydrogen-bond acceptors (Lipinski definition) is 2. The molecular weight excluding hydrogens is 229 g/mol. The molecule has 2 rings (SSSR count). The molecule has 2 nitrogen and oxygen atoms in total. The normalized spacial score (nSPS) is 12.4. The Labute approximate surface area is 106 Å². The standard InChI is InChI=1S/C15H16FNO/c1-2-3-11-4-6-12(7-5-11)15(18)13-8-14(16)10-17-9-13/h4-10,15,18H,2-3H2,1H3. The predicted octanol–water partition coefficient (Wildman–Crippen LogP) is 3.25. The van der Waals surface area contributed by atoms with Gasteiger partial charge in [-0.3, -0.25) is 4.98 Å². The Kier molecular flexibility index (Phi) is 4.05. The second-order valence-corrected chi connectivity index (χ2v) is 4.33. The lowest BCUT2D eigenvalue weighted by atomic mass is 10.0. The van der Waals surface area contributed by atoms with Crippen LogP contribution in [0.3, 0.4) is 0 Å². The summed E-state index contributed by atoms with van der Waals surface area (Å²) in [5.74, 6) is -0.436. The number of aliphatic hydroxyl groups excluding tert-OH is 1. The van der Waals surface area contributed by atoms with Crippen LogP contribution < -0.4 is 0 Å². The molecule has 18 heavy (non-hydrogen) atoms. The zero-order valence-electron chi connectivity index (χ0n) is 10.3. The van der Waals surface area contributed by atoms with Crippen LogP contribution in [0.15, 0.2) is 42.7 Å².